The van der Waals surface area contributed by atoms with Crippen molar-refractivity contribution in [3.63, 3.8) is 0 Å². The van der Waals surface area contributed by atoms with Crippen LogP contribution < -0.4 is 16.8 Å². The molecular weight excluding hydrogens is 290 g/mol. The Hall–Kier alpha value is -3.10. The van der Waals surface area contributed by atoms with Gasteiger partial charge in [0, 0.05) is 19.2 Å². The molecule has 22 heavy (non-hydrogen) atoms. The number of carbonyl (C=O) groups is 2. The van der Waals surface area contributed by atoms with Gasteiger partial charge in [-0.15, -0.1) is 0 Å². The highest BCUT2D eigenvalue weighted by Gasteiger charge is 2.08. The molecule has 9 heteroatoms. The number of amides is 3. The Bertz CT molecular complexity index is 739. The summed E-state index contributed by atoms with van der Waals surface area (Å²) in [4.78, 5) is 37.6. The molecule has 0 aliphatic heterocycles. The summed E-state index contributed by atoms with van der Waals surface area (Å²) in [6.45, 7) is 0.353. The average molecular weight is 306 g/mol. The molecule has 0 saturated heterocycles. The molecule has 2 aromatic rings. The smallest absolute Gasteiger partial charge is 0.351 e. The van der Waals surface area contributed by atoms with Gasteiger partial charge in [0.2, 0.25) is 0 Å². The lowest BCUT2D eigenvalue weighted by atomic mass is 10.1. The van der Waals surface area contributed by atoms with Crippen molar-refractivity contribution in [2.45, 2.75) is 13.1 Å². The second kappa shape index (κ2) is 6.57. The summed E-state index contributed by atoms with van der Waals surface area (Å²) in [5.41, 5.74) is 3.02. The van der Waals surface area contributed by atoms with Gasteiger partial charge in [-0.05, 0) is 17.7 Å². The number of hydrogen-bond donors (Lipinski definition) is 3. The number of rotatable bonds is 5. The van der Waals surface area contributed by atoms with Crippen LogP contribution in [0, 0.1) is 0 Å². The van der Waals surface area contributed by atoms with Crippen molar-refractivity contribution in [2.24, 2.45) is 5.73 Å². The van der Waals surface area contributed by atoms with Crippen molar-refractivity contribution in [1.29, 1.82) is 0 Å². The predicted octanol–water partition coefficient (Wildman–Crippen LogP) is -0.197. The van der Waals surface area contributed by atoms with Gasteiger partial charge >= 0.3 is 11.8 Å². The van der Waals surface area contributed by atoms with Gasteiger partial charge in [0.25, 0.3) is 5.91 Å². The van der Waals surface area contributed by atoms with Gasteiger partial charge in [-0.3, -0.25) is 14.3 Å². The summed E-state index contributed by atoms with van der Waals surface area (Å²) in [7, 11) is 1.56. The third-order valence-corrected chi connectivity index (χ3v) is 2.88. The highest BCUT2D eigenvalue weighted by Crippen LogP contribution is 2.07. The van der Waals surface area contributed by atoms with Crippen LogP contribution in [0.15, 0.2) is 33.6 Å². The summed E-state index contributed by atoms with van der Waals surface area (Å²) in [6.07, 6.45) is 0. The fraction of sp³-hybridized carbons (Fsp3) is 0.231. The topological polar surface area (TPSA) is 134 Å². The highest BCUT2D eigenvalue weighted by molar-refractivity contribution is 5.94. The summed E-state index contributed by atoms with van der Waals surface area (Å²) in [5, 5.41) is 6.02. The molecule has 0 aliphatic rings. The number of benzene rings is 1. The van der Waals surface area contributed by atoms with Gasteiger partial charge in [-0.2, -0.15) is 0 Å². The van der Waals surface area contributed by atoms with Crippen molar-refractivity contribution < 1.29 is 15.5 Å². The Kier molecular flexibility index (Phi) is 4.14. The molecule has 0 saturated carbocycles. The number of aromatic nitrogens is 2. The maximum atomic E-state index is 12.0. The fourth-order valence-corrected chi connectivity index (χ4v) is 1.71. The van der Waals surface area contributed by atoms with E-state index in [1.165, 1.54) is 4.90 Å². The van der Waals surface area contributed by atoms with Gasteiger partial charge in [-0.1, -0.05) is 17.3 Å². The standard InChI is InChI=1S/C13H15N5O4/c1-18(12(14)20)7-8-2-4-9(5-3-8)11(19)15-6-10-16-13(21)22-17-10/h2-5H,6-7H2,1H3,(H2,14,20)(H,15,19)(H,16,17,21)/i/hD. The fourth-order valence-electron chi connectivity index (χ4n) is 1.71. The molecule has 116 valence electrons. The van der Waals surface area contributed by atoms with Crippen molar-refractivity contribution in [1.82, 2.24) is 20.4 Å². The Labute approximate surface area is 126 Å². The van der Waals surface area contributed by atoms with E-state index in [-0.39, 0.29) is 18.3 Å². The second-order valence-corrected chi connectivity index (χ2v) is 4.58. The van der Waals surface area contributed by atoms with Crippen molar-refractivity contribution in [3.8, 4) is 0 Å². The molecule has 9 nitrogen and oxygen atoms in total. The molecule has 1 aromatic heterocycles. The highest BCUT2D eigenvalue weighted by atomic mass is 16.5. The first-order valence-corrected chi connectivity index (χ1v) is 6.34. The average Bonchev–Trinajstić information content (AvgIpc) is 2.98. The van der Waals surface area contributed by atoms with E-state index >= 15 is 0 Å². The Balaban J connectivity index is 1.92. The van der Waals surface area contributed by atoms with E-state index in [1.807, 2.05) is 0 Å². The van der Waals surface area contributed by atoms with Gasteiger partial charge in [0.1, 0.15) is 0 Å². The largest absolute Gasteiger partial charge is 0.438 e. The third-order valence-electron chi connectivity index (χ3n) is 2.88. The van der Waals surface area contributed by atoms with E-state index in [1.54, 1.807) is 37.0 Å². The Morgan fingerprint density at radius 2 is 2.18 bits per heavy atom. The predicted molar refractivity (Wildman–Crippen MR) is 75.8 cm³/mol. The maximum absolute atomic E-state index is 12.0. The third kappa shape index (κ3) is 3.95. The zero-order valence-corrected chi connectivity index (χ0v) is 11.8. The Morgan fingerprint density at radius 1 is 1.45 bits per heavy atom. The van der Waals surface area contributed by atoms with Crippen LogP contribution >= 0.6 is 0 Å². The number of nitrogens with zero attached hydrogens (tertiary/aromatic N) is 2. The van der Waals surface area contributed by atoms with Crippen LogP contribution in [0.25, 0.3) is 0 Å². The lowest BCUT2D eigenvalue weighted by Gasteiger charge is -2.14. The van der Waals surface area contributed by atoms with Crippen LogP contribution in [0.4, 0.5) is 4.79 Å². The lowest BCUT2D eigenvalue weighted by molar-refractivity contribution is 0.0949. The van der Waals surface area contributed by atoms with Gasteiger partial charge < -0.3 is 15.9 Å². The first-order chi connectivity index (χ1) is 11.0. The number of H-pyrrole nitrogens is 1. The molecule has 3 amide bonds. The number of primary amides is 1. The normalized spacial score (nSPS) is 10.7. The quantitative estimate of drug-likeness (QED) is 0.703. The molecule has 0 unspecified atom stereocenters. The Morgan fingerprint density at radius 3 is 2.77 bits per heavy atom. The zero-order valence-electron chi connectivity index (χ0n) is 12.8. The van der Waals surface area contributed by atoms with Gasteiger partial charge in [-0.25, -0.2) is 9.59 Å². The number of nitrogens with one attached hydrogen (secondary N) is 2. The minimum Gasteiger partial charge on any atom is -0.351 e. The van der Waals surface area contributed by atoms with Crippen LogP contribution in [0.2, 0.25) is 1.41 Å². The molecule has 2 rings (SSSR count). The van der Waals surface area contributed by atoms with Crippen LogP contribution in [0.5, 0.6) is 0 Å². The number of nitrogens with two attached hydrogens (primary N) is 1. The van der Waals surface area contributed by atoms with Crippen LogP contribution in [0.1, 0.15) is 21.7 Å². The summed E-state index contributed by atoms with van der Waals surface area (Å²) < 4.78 is 11.1. The minimum atomic E-state index is -0.681. The summed E-state index contributed by atoms with van der Waals surface area (Å²) in [6, 6.07) is 6.13. The molecule has 0 bridgehead atoms. The molecule has 0 spiro atoms. The van der Waals surface area contributed by atoms with E-state index < -0.39 is 11.8 Å². The number of aromatic amines is 1. The number of hydrogen-bond acceptors (Lipinski definition) is 5. The van der Waals surface area contributed by atoms with E-state index in [0.717, 1.165) is 5.56 Å². The molecule has 0 radical (unpaired) electrons. The monoisotopic (exact) mass is 306 g/mol. The number of carbonyl (C=O) groups excluding carboxylic acids is 2. The molecule has 4 N–H and O–H groups in total. The van der Waals surface area contributed by atoms with Crippen molar-refractivity contribution in [3.05, 3.63) is 51.8 Å². The second-order valence-electron chi connectivity index (χ2n) is 4.58. The van der Waals surface area contributed by atoms with E-state index in [0.29, 0.717) is 12.1 Å². The summed E-state index contributed by atoms with van der Waals surface area (Å²) in [5.74, 6) is -0.792. The van der Waals surface area contributed by atoms with E-state index in [9.17, 15) is 14.4 Å². The minimum absolute atomic E-state index is 0.0404. The first-order valence-electron chi connectivity index (χ1n) is 6.84. The maximum Gasteiger partial charge on any atom is 0.438 e. The summed E-state index contributed by atoms with van der Waals surface area (Å²) >= 11 is 0. The molecule has 0 atom stereocenters. The lowest BCUT2D eigenvalue weighted by Crippen LogP contribution is -2.31. The van der Waals surface area contributed by atoms with Crippen LogP contribution in [-0.2, 0) is 13.1 Å². The van der Waals surface area contributed by atoms with Crippen molar-refractivity contribution >= 4 is 11.9 Å². The molecule has 1 aromatic carbocycles. The van der Waals surface area contributed by atoms with Crippen LogP contribution in [-0.4, -0.2) is 34.0 Å². The molecule has 1 heterocycles. The number of urea groups is 1. The van der Waals surface area contributed by atoms with Gasteiger partial charge in [0.15, 0.2) is 7.24 Å². The molecular formula is C13H15N5O4. The first kappa shape index (κ1) is 13.9. The van der Waals surface area contributed by atoms with Crippen molar-refractivity contribution in [2.75, 3.05) is 7.05 Å². The molecule has 0 aliphatic carbocycles. The van der Waals surface area contributed by atoms with Crippen LogP contribution in [0.3, 0.4) is 0 Å². The SMILES string of the molecule is [2H]NC(=O)N(C)Cc1ccc(C(=O)NCc2noc(=O)[nH]2)cc1. The molecule has 0 fully saturated rings. The van der Waals surface area contributed by atoms with Gasteiger partial charge in [0.05, 0.1) is 6.54 Å². The zero-order chi connectivity index (χ0) is 16.8. The van der Waals surface area contributed by atoms with E-state index in [2.05, 4.69) is 20.0 Å². The van der Waals surface area contributed by atoms with E-state index in [4.69, 9.17) is 1.41 Å².